The third-order valence-corrected chi connectivity index (χ3v) is 2.48. The van der Waals surface area contributed by atoms with Crippen molar-refractivity contribution in [1.29, 1.82) is 0 Å². The Bertz CT molecular complexity index is 419. The SMILES string of the molecule is CC=CCCC(=O)c1ccc(O)c(C)c1O. The molecule has 0 spiro atoms. The Morgan fingerprint density at radius 1 is 1.38 bits per heavy atom. The van der Waals surface area contributed by atoms with Crippen LogP contribution in [0.3, 0.4) is 0 Å². The zero-order valence-corrected chi connectivity index (χ0v) is 9.53. The minimum atomic E-state index is -0.120. The molecule has 1 aromatic carbocycles. The average Bonchev–Trinajstić information content (AvgIpc) is 2.26. The Hall–Kier alpha value is -1.77. The minimum Gasteiger partial charge on any atom is -0.508 e. The molecule has 0 saturated carbocycles. The van der Waals surface area contributed by atoms with E-state index in [-0.39, 0.29) is 22.8 Å². The van der Waals surface area contributed by atoms with Crippen LogP contribution in [-0.2, 0) is 0 Å². The molecular formula is C13H16O3. The van der Waals surface area contributed by atoms with Crippen LogP contribution in [-0.4, -0.2) is 16.0 Å². The Morgan fingerprint density at radius 3 is 2.69 bits per heavy atom. The monoisotopic (exact) mass is 220 g/mol. The van der Waals surface area contributed by atoms with Gasteiger partial charge in [-0.05, 0) is 32.4 Å². The molecule has 0 aliphatic rings. The van der Waals surface area contributed by atoms with Crippen molar-refractivity contribution in [2.24, 2.45) is 0 Å². The van der Waals surface area contributed by atoms with Crippen molar-refractivity contribution < 1.29 is 15.0 Å². The predicted molar refractivity (Wildman–Crippen MR) is 62.9 cm³/mol. The molecule has 2 N–H and O–H groups in total. The number of phenols is 2. The van der Waals surface area contributed by atoms with Crippen LogP contribution in [0.1, 0.15) is 35.7 Å². The second kappa shape index (κ2) is 5.35. The predicted octanol–water partition coefficient (Wildman–Crippen LogP) is 2.95. The van der Waals surface area contributed by atoms with Gasteiger partial charge < -0.3 is 10.2 Å². The van der Waals surface area contributed by atoms with Crippen LogP contribution in [0.25, 0.3) is 0 Å². The fourth-order valence-corrected chi connectivity index (χ4v) is 1.43. The molecule has 1 rings (SSSR count). The molecule has 0 amide bonds. The summed E-state index contributed by atoms with van der Waals surface area (Å²) in [5.41, 5.74) is 0.622. The number of hydrogen-bond acceptors (Lipinski definition) is 3. The molecule has 3 heteroatoms. The molecule has 86 valence electrons. The van der Waals surface area contributed by atoms with E-state index in [1.807, 2.05) is 19.1 Å². The molecule has 0 aliphatic carbocycles. The number of ketones is 1. The molecule has 0 aliphatic heterocycles. The number of benzene rings is 1. The summed E-state index contributed by atoms with van der Waals surface area (Å²) >= 11 is 0. The number of allylic oxidation sites excluding steroid dienone is 2. The molecule has 16 heavy (non-hydrogen) atoms. The van der Waals surface area contributed by atoms with Crippen LogP contribution < -0.4 is 0 Å². The van der Waals surface area contributed by atoms with E-state index >= 15 is 0 Å². The Balaban J connectivity index is 2.88. The number of hydrogen-bond donors (Lipinski definition) is 2. The molecule has 1 aromatic rings. The summed E-state index contributed by atoms with van der Waals surface area (Å²) in [5, 5.41) is 19.0. The number of aromatic hydroxyl groups is 2. The van der Waals surface area contributed by atoms with Gasteiger partial charge >= 0.3 is 0 Å². The maximum absolute atomic E-state index is 11.7. The highest BCUT2D eigenvalue weighted by Crippen LogP contribution is 2.30. The van der Waals surface area contributed by atoms with E-state index in [0.717, 1.165) is 0 Å². The molecule has 0 atom stereocenters. The fraction of sp³-hybridized carbons (Fsp3) is 0.308. The van der Waals surface area contributed by atoms with Gasteiger partial charge in [0.2, 0.25) is 0 Å². The number of carbonyl (C=O) groups is 1. The molecule has 0 aromatic heterocycles. The third-order valence-electron chi connectivity index (χ3n) is 2.48. The van der Waals surface area contributed by atoms with Gasteiger partial charge in [0.15, 0.2) is 5.78 Å². The molecule has 0 heterocycles. The molecule has 0 unspecified atom stereocenters. The van der Waals surface area contributed by atoms with E-state index in [9.17, 15) is 15.0 Å². The van der Waals surface area contributed by atoms with Gasteiger partial charge in [-0.1, -0.05) is 12.2 Å². The van der Waals surface area contributed by atoms with E-state index in [0.29, 0.717) is 18.4 Å². The summed E-state index contributed by atoms with van der Waals surface area (Å²) in [7, 11) is 0. The smallest absolute Gasteiger partial charge is 0.166 e. The van der Waals surface area contributed by atoms with Crippen molar-refractivity contribution >= 4 is 5.78 Å². The second-order valence-electron chi connectivity index (χ2n) is 3.64. The first-order valence-corrected chi connectivity index (χ1v) is 5.23. The summed E-state index contributed by atoms with van der Waals surface area (Å²) in [4.78, 5) is 11.7. The Labute approximate surface area is 95.0 Å². The summed E-state index contributed by atoms with van der Waals surface area (Å²) in [5.74, 6) is -0.230. The first kappa shape index (κ1) is 12.3. The van der Waals surface area contributed by atoms with Crippen LogP contribution in [0.5, 0.6) is 11.5 Å². The average molecular weight is 220 g/mol. The number of phenolic OH excluding ortho intramolecular Hbond substituents is 2. The summed E-state index contributed by atoms with van der Waals surface area (Å²) < 4.78 is 0. The molecule has 0 radical (unpaired) electrons. The minimum absolute atomic E-state index is 0.00232. The van der Waals surface area contributed by atoms with Crippen LogP contribution in [0, 0.1) is 6.92 Å². The van der Waals surface area contributed by atoms with Crippen molar-refractivity contribution in [3.8, 4) is 11.5 Å². The van der Waals surface area contributed by atoms with Gasteiger partial charge in [0, 0.05) is 12.0 Å². The van der Waals surface area contributed by atoms with Gasteiger partial charge in [0.05, 0.1) is 5.56 Å². The fourth-order valence-electron chi connectivity index (χ4n) is 1.43. The lowest BCUT2D eigenvalue weighted by atomic mass is 10.0. The van der Waals surface area contributed by atoms with Crippen LogP contribution in [0.15, 0.2) is 24.3 Å². The third kappa shape index (κ3) is 2.63. The van der Waals surface area contributed by atoms with Gasteiger partial charge in [0.25, 0.3) is 0 Å². The van der Waals surface area contributed by atoms with E-state index in [1.54, 1.807) is 6.92 Å². The van der Waals surface area contributed by atoms with Crippen molar-refractivity contribution in [2.45, 2.75) is 26.7 Å². The van der Waals surface area contributed by atoms with E-state index in [1.165, 1.54) is 12.1 Å². The highest BCUT2D eigenvalue weighted by Gasteiger charge is 2.14. The van der Waals surface area contributed by atoms with Gasteiger partial charge in [-0.3, -0.25) is 4.79 Å². The van der Waals surface area contributed by atoms with Crippen molar-refractivity contribution in [2.75, 3.05) is 0 Å². The van der Waals surface area contributed by atoms with Crippen molar-refractivity contribution in [1.82, 2.24) is 0 Å². The molecule has 0 saturated heterocycles. The summed E-state index contributed by atoms with van der Waals surface area (Å²) in [6.07, 6.45) is 4.81. The molecule has 0 fully saturated rings. The number of rotatable bonds is 4. The highest BCUT2D eigenvalue weighted by molar-refractivity contribution is 5.99. The lowest BCUT2D eigenvalue weighted by molar-refractivity contribution is 0.0981. The number of carbonyl (C=O) groups excluding carboxylic acids is 1. The lowest BCUT2D eigenvalue weighted by Crippen LogP contribution is -1.99. The molecule has 0 bridgehead atoms. The topological polar surface area (TPSA) is 57.5 Å². The van der Waals surface area contributed by atoms with Crippen molar-refractivity contribution in [3.63, 3.8) is 0 Å². The highest BCUT2D eigenvalue weighted by atomic mass is 16.3. The van der Waals surface area contributed by atoms with Crippen LogP contribution in [0.2, 0.25) is 0 Å². The van der Waals surface area contributed by atoms with Gasteiger partial charge in [-0.15, -0.1) is 0 Å². The first-order valence-electron chi connectivity index (χ1n) is 5.23. The summed E-state index contributed by atoms with van der Waals surface area (Å²) in [6.45, 7) is 3.47. The zero-order valence-electron chi connectivity index (χ0n) is 9.53. The van der Waals surface area contributed by atoms with Gasteiger partial charge in [0.1, 0.15) is 11.5 Å². The van der Waals surface area contributed by atoms with E-state index in [2.05, 4.69) is 0 Å². The number of Topliss-reactive ketones (excluding diaryl/α,β-unsaturated/α-hetero) is 1. The van der Waals surface area contributed by atoms with Gasteiger partial charge in [-0.25, -0.2) is 0 Å². The standard InChI is InChI=1S/C13H16O3/c1-3-4-5-6-12(15)10-7-8-11(14)9(2)13(10)16/h3-4,7-8,14,16H,5-6H2,1-2H3. The maximum Gasteiger partial charge on any atom is 0.166 e. The van der Waals surface area contributed by atoms with Crippen LogP contribution >= 0.6 is 0 Å². The van der Waals surface area contributed by atoms with E-state index in [4.69, 9.17) is 0 Å². The Morgan fingerprint density at radius 2 is 2.06 bits per heavy atom. The van der Waals surface area contributed by atoms with Crippen LogP contribution in [0.4, 0.5) is 0 Å². The van der Waals surface area contributed by atoms with E-state index < -0.39 is 0 Å². The largest absolute Gasteiger partial charge is 0.508 e. The normalized spacial score (nSPS) is 10.9. The maximum atomic E-state index is 11.7. The first-order chi connectivity index (χ1) is 7.57. The molecular weight excluding hydrogens is 204 g/mol. The Kier molecular flexibility index (Phi) is 4.11. The lowest BCUT2D eigenvalue weighted by Gasteiger charge is -2.07. The summed E-state index contributed by atoms with van der Waals surface area (Å²) in [6, 6.07) is 2.88. The van der Waals surface area contributed by atoms with Crippen molar-refractivity contribution in [3.05, 3.63) is 35.4 Å². The van der Waals surface area contributed by atoms with Gasteiger partial charge in [-0.2, -0.15) is 0 Å². The zero-order chi connectivity index (χ0) is 12.1. The second-order valence-corrected chi connectivity index (χ2v) is 3.64. The molecule has 3 nitrogen and oxygen atoms in total. The quantitative estimate of drug-likeness (QED) is 0.606.